The molecule has 1 aromatic carbocycles. The fourth-order valence-electron chi connectivity index (χ4n) is 1.69. The molecule has 1 aliphatic heterocycles. The van der Waals surface area contributed by atoms with Crippen LogP contribution in [0.2, 0.25) is 0 Å². The molecule has 0 aliphatic carbocycles. The number of nitrogens with one attached hydrogen (secondary N) is 1. The minimum atomic E-state index is -0.480. The molecule has 4 nitrogen and oxygen atoms in total. The van der Waals surface area contributed by atoms with Crippen LogP contribution < -0.4 is 5.32 Å². The van der Waals surface area contributed by atoms with Crippen LogP contribution in [-0.4, -0.2) is 42.7 Å². The van der Waals surface area contributed by atoms with Crippen LogP contribution in [0, 0.1) is 5.82 Å². The van der Waals surface area contributed by atoms with Crippen molar-refractivity contribution < 1.29 is 9.18 Å². The van der Waals surface area contributed by atoms with Crippen molar-refractivity contribution in [3.8, 4) is 0 Å². The highest BCUT2D eigenvalue weighted by Crippen LogP contribution is 2.11. The molecule has 2 rings (SSSR count). The maximum atomic E-state index is 13.4. The van der Waals surface area contributed by atoms with E-state index in [1.54, 1.807) is 19.2 Å². The first-order valence-corrected chi connectivity index (χ1v) is 5.18. The molecule has 1 heterocycles. The summed E-state index contributed by atoms with van der Waals surface area (Å²) in [6.45, 7) is 2.22. The van der Waals surface area contributed by atoms with Crippen LogP contribution in [0.5, 0.6) is 0 Å². The van der Waals surface area contributed by atoms with Gasteiger partial charge in [0, 0.05) is 20.1 Å². The molecule has 0 atom stereocenters. The molecule has 86 valence electrons. The highest BCUT2D eigenvalue weighted by atomic mass is 19.1. The first-order chi connectivity index (χ1) is 7.70. The first-order valence-electron chi connectivity index (χ1n) is 5.18. The fourth-order valence-corrected chi connectivity index (χ4v) is 1.69. The third kappa shape index (κ3) is 2.05. The van der Waals surface area contributed by atoms with Gasteiger partial charge in [0.05, 0.1) is 12.2 Å². The minimum Gasteiger partial charge on any atom is -0.302 e. The Kier molecular flexibility index (Phi) is 3.17. The average molecular weight is 223 g/mol. The molecular weight excluding hydrogens is 209 g/mol. The van der Waals surface area contributed by atoms with Gasteiger partial charge in [0.2, 0.25) is 0 Å². The summed E-state index contributed by atoms with van der Waals surface area (Å²) < 4.78 is 13.4. The molecule has 0 unspecified atom stereocenters. The Balaban J connectivity index is 2.15. The number of amides is 1. The summed E-state index contributed by atoms with van der Waals surface area (Å²) in [5.74, 6) is -0.798. The Morgan fingerprint density at radius 1 is 1.50 bits per heavy atom. The van der Waals surface area contributed by atoms with E-state index in [1.807, 2.05) is 5.01 Å². The lowest BCUT2D eigenvalue weighted by atomic mass is 10.2. The summed E-state index contributed by atoms with van der Waals surface area (Å²) in [6.07, 6.45) is 0. The molecule has 5 heteroatoms. The number of hydrogen-bond acceptors (Lipinski definition) is 3. The van der Waals surface area contributed by atoms with E-state index in [2.05, 4.69) is 5.32 Å². The predicted octanol–water partition coefficient (Wildman–Crippen LogP) is 0.675. The lowest BCUT2D eigenvalue weighted by Crippen LogP contribution is -2.43. The van der Waals surface area contributed by atoms with Crippen molar-refractivity contribution in [2.45, 2.75) is 0 Å². The lowest BCUT2D eigenvalue weighted by Gasteiger charge is -2.26. The van der Waals surface area contributed by atoms with Crippen molar-refractivity contribution in [3.05, 3.63) is 35.6 Å². The molecule has 0 saturated carbocycles. The topological polar surface area (TPSA) is 35.6 Å². The Bertz CT molecular complexity index is 391. The Labute approximate surface area is 93.6 Å². The van der Waals surface area contributed by atoms with Gasteiger partial charge in [0.15, 0.2) is 0 Å². The molecule has 0 bridgehead atoms. The van der Waals surface area contributed by atoms with Gasteiger partial charge in [0.1, 0.15) is 5.82 Å². The van der Waals surface area contributed by atoms with Crippen molar-refractivity contribution in [3.63, 3.8) is 0 Å². The zero-order valence-electron chi connectivity index (χ0n) is 9.11. The Morgan fingerprint density at radius 3 is 2.88 bits per heavy atom. The highest BCUT2D eigenvalue weighted by Gasteiger charge is 2.23. The van der Waals surface area contributed by atoms with Crippen molar-refractivity contribution in [2.75, 3.05) is 26.8 Å². The van der Waals surface area contributed by atoms with Crippen molar-refractivity contribution in [1.82, 2.24) is 15.3 Å². The number of rotatable bonds is 2. The Hall–Kier alpha value is -1.46. The first kappa shape index (κ1) is 11.0. The van der Waals surface area contributed by atoms with E-state index in [0.717, 1.165) is 13.1 Å². The number of carbonyl (C=O) groups excluding carboxylic acids is 1. The van der Waals surface area contributed by atoms with E-state index in [4.69, 9.17) is 0 Å². The van der Waals surface area contributed by atoms with Crippen LogP contribution in [0.25, 0.3) is 0 Å². The van der Waals surface area contributed by atoms with Crippen LogP contribution in [0.4, 0.5) is 4.39 Å². The normalized spacial score (nSPS) is 16.4. The zero-order valence-corrected chi connectivity index (χ0v) is 9.11. The molecule has 1 aromatic rings. The van der Waals surface area contributed by atoms with E-state index >= 15 is 0 Å². The third-order valence-corrected chi connectivity index (χ3v) is 2.66. The largest absolute Gasteiger partial charge is 0.302 e. The Morgan fingerprint density at radius 2 is 2.25 bits per heavy atom. The van der Waals surface area contributed by atoms with E-state index in [-0.39, 0.29) is 11.5 Å². The second kappa shape index (κ2) is 4.59. The SMILES string of the molecule is CN(C(=O)c1ccccc1F)N1CCNC1. The monoisotopic (exact) mass is 223 g/mol. The number of halogens is 1. The van der Waals surface area contributed by atoms with Gasteiger partial charge in [-0.05, 0) is 12.1 Å². The second-order valence-electron chi connectivity index (χ2n) is 3.70. The van der Waals surface area contributed by atoms with Gasteiger partial charge in [-0.3, -0.25) is 9.80 Å². The summed E-state index contributed by atoms with van der Waals surface area (Å²) in [6, 6.07) is 6.02. The second-order valence-corrected chi connectivity index (χ2v) is 3.70. The number of hydrogen-bond donors (Lipinski definition) is 1. The van der Waals surface area contributed by atoms with Gasteiger partial charge in [-0.15, -0.1) is 0 Å². The van der Waals surface area contributed by atoms with Gasteiger partial charge in [-0.1, -0.05) is 12.1 Å². The molecule has 0 aromatic heterocycles. The minimum absolute atomic E-state index is 0.108. The summed E-state index contributed by atoms with van der Waals surface area (Å²) >= 11 is 0. The zero-order chi connectivity index (χ0) is 11.5. The molecule has 1 saturated heterocycles. The van der Waals surface area contributed by atoms with Gasteiger partial charge < -0.3 is 5.32 Å². The maximum Gasteiger partial charge on any atom is 0.270 e. The molecule has 0 spiro atoms. The molecule has 1 fully saturated rings. The molecule has 1 N–H and O–H groups in total. The number of nitrogens with zero attached hydrogens (tertiary/aromatic N) is 2. The van der Waals surface area contributed by atoms with Gasteiger partial charge >= 0.3 is 0 Å². The fraction of sp³-hybridized carbons (Fsp3) is 0.364. The van der Waals surface area contributed by atoms with Gasteiger partial charge in [-0.2, -0.15) is 0 Å². The van der Waals surface area contributed by atoms with E-state index < -0.39 is 5.82 Å². The van der Waals surface area contributed by atoms with Crippen LogP contribution in [0.3, 0.4) is 0 Å². The molecule has 1 amide bonds. The molecule has 1 aliphatic rings. The van der Waals surface area contributed by atoms with Gasteiger partial charge in [-0.25, -0.2) is 9.40 Å². The van der Waals surface area contributed by atoms with Crippen molar-refractivity contribution in [2.24, 2.45) is 0 Å². The highest BCUT2D eigenvalue weighted by molar-refractivity contribution is 5.93. The maximum absolute atomic E-state index is 13.4. The quantitative estimate of drug-likeness (QED) is 0.800. The van der Waals surface area contributed by atoms with Crippen LogP contribution in [-0.2, 0) is 0 Å². The summed E-state index contributed by atoms with van der Waals surface area (Å²) in [5, 5.41) is 6.41. The third-order valence-electron chi connectivity index (χ3n) is 2.66. The number of benzene rings is 1. The van der Waals surface area contributed by atoms with Crippen LogP contribution in [0.1, 0.15) is 10.4 Å². The molecule has 0 radical (unpaired) electrons. The van der Waals surface area contributed by atoms with Gasteiger partial charge in [0.25, 0.3) is 5.91 Å². The van der Waals surface area contributed by atoms with Crippen LogP contribution in [0.15, 0.2) is 24.3 Å². The number of carbonyl (C=O) groups is 1. The summed E-state index contributed by atoms with van der Waals surface area (Å²) in [5.41, 5.74) is 0.108. The predicted molar refractivity (Wildman–Crippen MR) is 58.1 cm³/mol. The van der Waals surface area contributed by atoms with Crippen molar-refractivity contribution in [1.29, 1.82) is 0 Å². The summed E-state index contributed by atoms with van der Waals surface area (Å²) in [4.78, 5) is 12.0. The van der Waals surface area contributed by atoms with Crippen molar-refractivity contribution >= 4 is 5.91 Å². The van der Waals surface area contributed by atoms with E-state index in [1.165, 1.54) is 17.1 Å². The summed E-state index contributed by atoms with van der Waals surface area (Å²) in [7, 11) is 1.65. The van der Waals surface area contributed by atoms with Crippen LogP contribution >= 0.6 is 0 Å². The molecule has 16 heavy (non-hydrogen) atoms. The average Bonchev–Trinajstić information content (AvgIpc) is 2.81. The van der Waals surface area contributed by atoms with E-state index in [9.17, 15) is 9.18 Å². The van der Waals surface area contributed by atoms with E-state index in [0.29, 0.717) is 6.67 Å². The molecular formula is C11H14FN3O. The standard InChI is InChI=1S/C11H14FN3O/c1-14(15-7-6-13-8-15)11(16)9-4-2-3-5-10(9)12/h2-5,13H,6-8H2,1H3. The smallest absolute Gasteiger partial charge is 0.270 e. The number of hydrazine groups is 1. The lowest BCUT2D eigenvalue weighted by molar-refractivity contribution is 0.0188.